The number of hydrogen-bond acceptors (Lipinski definition) is 0. The van der Waals surface area contributed by atoms with Gasteiger partial charge in [-0.3, -0.25) is 0 Å². The fourth-order valence-corrected chi connectivity index (χ4v) is 12.6. The molecule has 0 heterocycles. The second-order valence-corrected chi connectivity index (χ2v) is 16.1. The van der Waals surface area contributed by atoms with E-state index in [1.54, 1.807) is 0 Å². The fourth-order valence-electron chi connectivity index (χ4n) is 4.88. The maximum absolute atomic E-state index is 3.20. The van der Waals surface area contributed by atoms with Crippen LogP contribution in [-0.2, 0) is 17.9 Å². The number of benzene rings is 4. The van der Waals surface area contributed by atoms with Gasteiger partial charge in [-0.15, -0.1) is 0 Å². The molecule has 0 nitrogen and oxygen atoms in total. The minimum absolute atomic E-state index is 0.847. The van der Waals surface area contributed by atoms with Gasteiger partial charge >= 0.3 is 28.7 Å². The molecule has 0 atom stereocenters. The molecule has 0 saturated carbocycles. The van der Waals surface area contributed by atoms with Crippen LogP contribution in [0.2, 0.25) is 0 Å². The Kier molecular flexibility index (Phi) is 13.2. The van der Waals surface area contributed by atoms with Crippen LogP contribution < -0.4 is 21.2 Å². The summed E-state index contributed by atoms with van der Waals surface area (Å²) >= 11 is 2.15. The Balaban J connectivity index is 0.000000283. The molecule has 0 aliphatic rings. The van der Waals surface area contributed by atoms with Gasteiger partial charge < -0.3 is 0 Å². The maximum Gasteiger partial charge on any atom is 0.174 e. The summed E-state index contributed by atoms with van der Waals surface area (Å²) in [5.74, 6) is 1.25. The van der Waals surface area contributed by atoms with Crippen LogP contribution in [0.25, 0.3) is 0 Å². The van der Waals surface area contributed by atoms with Crippen molar-refractivity contribution >= 4 is 41.3 Å². The van der Waals surface area contributed by atoms with Crippen molar-refractivity contribution in [2.24, 2.45) is 0 Å². The third kappa shape index (κ3) is 8.68. The summed E-state index contributed by atoms with van der Waals surface area (Å²) in [5, 5.41) is 6.01. The minimum atomic E-state index is -0.847. The summed E-state index contributed by atoms with van der Waals surface area (Å²) in [4.78, 5) is 0. The van der Waals surface area contributed by atoms with Crippen molar-refractivity contribution in [3.8, 4) is 0 Å². The summed E-state index contributed by atoms with van der Waals surface area (Å²) in [6.07, 6.45) is 0. The topological polar surface area (TPSA) is 0 Å². The summed E-state index contributed by atoms with van der Waals surface area (Å²) in [6.45, 7) is 14.2. The van der Waals surface area contributed by atoms with Crippen LogP contribution in [-0.4, -0.2) is 10.2 Å². The summed E-state index contributed by atoms with van der Waals surface area (Å²) in [6, 6.07) is 44.5. The van der Waals surface area contributed by atoms with Crippen LogP contribution in [0, 0.1) is 34.6 Å². The second-order valence-electron chi connectivity index (χ2n) is 9.85. The molecule has 0 fully saturated rings. The average molecular weight is 649 g/mol. The van der Waals surface area contributed by atoms with Crippen LogP contribution >= 0.6 is 15.8 Å². The number of rotatable bonds is 6. The Morgan fingerprint density at radius 1 is 0.550 bits per heavy atom. The van der Waals surface area contributed by atoms with Gasteiger partial charge in [-0.1, -0.05) is 107 Å². The van der Waals surface area contributed by atoms with E-state index in [2.05, 4.69) is 185 Å². The standard InChI is InChI=1S/C25H22P2.C10H15.C2H2.Ru/c1-5-13-22(14-6-1)26(23-15-7-2-8-16-23)21-27(24-17-9-3-10-18-24)25-19-11-4-12-20-25;1-6-7(2)9(4)10(5)8(6)3;1-2;/h1-20H,21H2;1-5H3;1H2;/q;-1;;+1/p+2. The van der Waals surface area contributed by atoms with Gasteiger partial charge in [0.1, 0.15) is 37.1 Å². The summed E-state index contributed by atoms with van der Waals surface area (Å²) in [7, 11) is -1.69. The molecule has 0 N–H and O–H groups in total. The van der Waals surface area contributed by atoms with Crippen LogP contribution in [0.4, 0.5) is 0 Å². The first-order chi connectivity index (χ1) is 19.4. The quantitative estimate of drug-likeness (QED) is 0.100. The largest absolute Gasteiger partial charge is 0.196 e. The van der Waals surface area contributed by atoms with Gasteiger partial charge in [0, 0.05) is 0 Å². The Bertz CT molecular complexity index is 1230. The van der Waals surface area contributed by atoms with E-state index in [0.29, 0.717) is 0 Å². The first kappa shape index (κ1) is 31.9. The Morgan fingerprint density at radius 3 is 0.950 bits per heavy atom. The third-order valence-corrected chi connectivity index (χ3v) is 14.6. The Hall–Kier alpha value is -2.64. The molecule has 0 saturated heterocycles. The van der Waals surface area contributed by atoms with E-state index in [1.165, 1.54) is 54.9 Å². The van der Waals surface area contributed by atoms with E-state index in [1.807, 2.05) is 0 Å². The van der Waals surface area contributed by atoms with Crippen LogP contribution in [0.15, 0.2) is 128 Å². The molecule has 0 unspecified atom stereocenters. The molecule has 3 heteroatoms. The molecule has 0 aromatic heterocycles. The normalized spacial score (nSPS) is 10.3. The molecule has 0 aliphatic carbocycles. The first-order valence-electron chi connectivity index (χ1n) is 13.6. The molecule has 5 aromatic rings. The van der Waals surface area contributed by atoms with Crippen molar-refractivity contribution in [2.75, 3.05) is 5.90 Å². The van der Waals surface area contributed by atoms with E-state index in [0.717, 1.165) is 0 Å². The van der Waals surface area contributed by atoms with E-state index >= 15 is 0 Å². The predicted molar refractivity (Wildman–Crippen MR) is 182 cm³/mol. The molecule has 0 spiro atoms. The molecule has 0 aliphatic heterocycles. The zero-order valence-corrected chi connectivity index (χ0v) is 28.1. The van der Waals surface area contributed by atoms with Crippen LogP contribution in [0.1, 0.15) is 27.8 Å². The van der Waals surface area contributed by atoms with E-state index in [-0.39, 0.29) is 0 Å². The van der Waals surface area contributed by atoms with E-state index in [4.69, 9.17) is 0 Å². The van der Waals surface area contributed by atoms with Crippen molar-refractivity contribution in [3.63, 3.8) is 0 Å². The molecular weight excluding hydrogens is 607 g/mol. The summed E-state index contributed by atoms with van der Waals surface area (Å²) < 4.78 is 2.43. The SMILES string of the molecule is C=[C]=[Ru+].Cc1c(C)c(C)[c-](C)c1C.c1ccc([PH+](C[PH+](c2ccccc2)c2ccccc2)c2ccccc2)cc1. The van der Waals surface area contributed by atoms with Gasteiger partial charge in [-0.05, 0) is 48.5 Å². The average Bonchev–Trinajstić information content (AvgIpc) is 3.17. The van der Waals surface area contributed by atoms with Gasteiger partial charge in [0.25, 0.3) is 0 Å². The van der Waals surface area contributed by atoms with Gasteiger partial charge in [-0.2, -0.15) is 27.8 Å². The smallest absolute Gasteiger partial charge is 0.174 e. The summed E-state index contributed by atoms with van der Waals surface area (Å²) in [5.41, 5.74) is 7.34. The molecule has 205 valence electrons. The predicted octanol–water partition coefficient (Wildman–Crippen LogP) is 7.74. The van der Waals surface area contributed by atoms with Gasteiger partial charge in [-0.25, -0.2) is 0 Å². The zero-order chi connectivity index (χ0) is 28.9. The Labute approximate surface area is 254 Å². The molecule has 40 heavy (non-hydrogen) atoms. The molecule has 0 radical (unpaired) electrons. The molecule has 5 aromatic carbocycles. The van der Waals surface area contributed by atoms with Crippen molar-refractivity contribution in [1.82, 2.24) is 0 Å². The van der Waals surface area contributed by atoms with Crippen LogP contribution in [0.3, 0.4) is 0 Å². The fraction of sp³-hybridized carbons (Fsp3) is 0.162. The van der Waals surface area contributed by atoms with Crippen molar-refractivity contribution in [1.29, 1.82) is 0 Å². The van der Waals surface area contributed by atoms with Crippen molar-refractivity contribution in [3.05, 3.63) is 156 Å². The third-order valence-electron chi connectivity index (χ3n) is 7.66. The minimum Gasteiger partial charge on any atom is -0.196 e. The monoisotopic (exact) mass is 649 g/mol. The van der Waals surface area contributed by atoms with Gasteiger partial charge in [0.15, 0.2) is 5.90 Å². The molecule has 0 amide bonds. The molecule has 0 bridgehead atoms. The van der Waals surface area contributed by atoms with E-state index < -0.39 is 15.8 Å². The molecular formula is C37H41P2Ru+2. The van der Waals surface area contributed by atoms with Crippen molar-refractivity contribution < 1.29 is 17.9 Å². The van der Waals surface area contributed by atoms with Crippen molar-refractivity contribution in [2.45, 2.75) is 34.6 Å². The Morgan fingerprint density at radius 2 is 0.775 bits per heavy atom. The first-order valence-corrected chi connectivity index (χ1v) is 17.9. The maximum atomic E-state index is 3.20. The van der Waals surface area contributed by atoms with E-state index in [9.17, 15) is 0 Å². The number of hydrogen-bond donors (Lipinski definition) is 0. The van der Waals surface area contributed by atoms with Crippen LogP contribution in [0.5, 0.6) is 0 Å². The molecule has 5 rings (SSSR count). The van der Waals surface area contributed by atoms with Gasteiger partial charge in [0.2, 0.25) is 0 Å². The zero-order valence-electron chi connectivity index (χ0n) is 24.3. The van der Waals surface area contributed by atoms with Gasteiger partial charge in [0.05, 0.1) is 0 Å². The second kappa shape index (κ2) is 16.6.